The van der Waals surface area contributed by atoms with Gasteiger partial charge in [0.1, 0.15) is 27.3 Å². The molecule has 0 unspecified atom stereocenters. The van der Waals surface area contributed by atoms with Crippen LogP contribution in [0.25, 0.3) is 31.9 Å². The number of aryl methyl sites for hydroxylation is 2. The lowest BCUT2D eigenvalue weighted by atomic mass is 10.1. The zero-order chi connectivity index (χ0) is 25.2. The van der Waals surface area contributed by atoms with Gasteiger partial charge in [0.25, 0.3) is 0 Å². The molecule has 5 heterocycles. The molecule has 0 saturated carbocycles. The number of hydrogen-bond donors (Lipinski definition) is 0. The Morgan fingerprint density at radius 2 is 1.67 bits per heavy atom. The zero-order valence-electron chi connectivity index (χ0n) is 19.6. The number of carbonyl (C=O) groups is 1. The van der Waals surface area contributed by atoms with Crippen LogP contribution in [0.3, 0.4) is 0 Å². The number of nitrogens with zero attached hydrogens (tertiary/aromatic N) is 6. The maximum Gasteiger partial charge on any atom is 0.350 e. The summed E-state index contributed by atoms with van der Waals surface area (Å²) in [5, 5.41) is 13.4. The molecule has 0 aliphatic rings. The first-order chi connectivity index (χ1) is 17.5. The van der Waals surface area contributed by atoms with Gasteiger partial charge in [0.05, 0.1) is 23.7 Å². The van der Waals surface area contributed by atoms with Crippen molar-refractivity contribution < 1.29 is 9.53 Å². The van der Waals surface area contributed by atoms with Gasteiger partial charge < -0.3 is 4.74 Å². The Morgan fingerprint density at radius 1 is 1.00 bits per heavy atom. The van der Waals surface area contributed by atoms with Crippen LogP contribution in [0.15, 0.2) is 53.5 Å². The average molecular weight is 533 g/mol. The zero-order valence-corrected chi connectivity index (χ0v) is 22.1. The summed E-state index contributed by atoms with van der Waals surface area (Å²) in [7, 11) is 0. The van der Waals surface area contributed by atoms with Gasteiger partial charge in [-0.05, 0) is 20.8 Å². The quantitative estimate of drug-likeness (QED) is 0.249. The molecule has 0 N–H and O–H groups in total. The molecule has 0 radical (unpaired) electrons. The van der Waals surface area contributed by atoms with Crippen LogP contribution in [0.2, 0.25) is 0 Å². The molecule has 0 bridgehead atoms. The maximum absolute atomic E-state index is 12.4. The fourth-order valence-corrected chi connectivity index (χ4v) is 6.32. The highest BCUT2D eigenvalue weighted by molar-refractivity contribution is 7.17. The highest BCUT2D eigenvalue weighted by Gasteiger charge is 2.24. The molecule has 5 aromatic heterocycles. The van der Waals surface area contributed by atoms with Crippen LogP contribution in [-0.4, -0.2) is 36.3 Å². The molecule has 0 amide bonds. The van der Waals surface area contributed by atoms with E-state index in [0.717, 1.165) is 37.6 Å². The summed E-state index contributed by atoms with van der Waals surface area (Å²) in [6, 6.07) is 11.8. The molecule has 0 spiro atoms. The van der Waals surface area contributed by atoms with Gasteiger partial charge in [-0.3, -0.25) is 8.80 Å². The molecule has 6 aromatic rings. The number of nitriles is 1. The van der Waals surface area contributed by atoms with Crippen LogP contribution in [-0.2, 0) is 4.74 Å². The second-order valence-electron chi connectivity index (χ2n) is 7.60. The third-order valence-corrected chi connectivity index (χ3v) is 7.87. The second kappa shape index (κ2) is 10.0. The summed E-state index contributed by atoms with van der Waals surface area (Å²) in [6.45, 7) is 5.94. The fraction of sp³-hybridized carbons (Fsp3) is 0.160. The van der Waals surface area contributed by atoms with Gasteiger partial charge >= 0.3 is 5.97 Å². The van der Waals surface area contributed by atoms with E-state index in [1.165, 1.54) is 22.7 Å². The third-order valence-electron chi connectivity index (χ3n) is 5.32. The van der Waals surface area contributed by atoms with Crippen molar-refractivity contribution in [1.29, 1.82) is 5.26 Å². The normalized spacial score (nSPS) is 10.8. The molecule has 0 atom stereocenters. The van der Waals surface area contributed by atoms with Crippen molar-refractivity contribution >= 4 is 49.9 Å². The molecule has 0 aliphatic heterocycles. The van der Waals surface area contributed by atoms with Crippen LogP contribution in [0.5, 0.6) is 0 Å². The van der Waals surface area contributed by atoms with Gasteiger partial charge in [-0.25, -0.2) is 19.7 Å². The van der Waals surface area contributed by atoms with Gasteiger partial charge in [-0.15, -0.1) is 34.0 Å². The van der Waals surface area contributed by atoms with Crippen LogP contribution >= 0.6 is 34.0 Å². The Morgan fingerprint density at radius 3 is 2.36 bits per heavy atom. The van der Waals surface area contributed by atoms with Crippen LogP contribution < -0.4 is 0 Å². The van der Waals surface area contributed by atoms with Crippen LogP contribution in [0.1, 0.15) is 33.7 Å². The Balaban J connectivity index is 0.000000202. The summed E-state index contributed by atoms with van der Waals surface area (Å²) in [4.78, 5) is 28.3. The van der Waals surface area contributed by atoms with Gasteiger partial charge in [0.2, 0.25) is 0 Å². The average Bonchev–Trinajstić information content (AvgIpc) is 3.67. The van der Waals surface area contributed by atoms with E-state index in [1.54, 1.807) is 22.7 Å². The summed E-state index contributed by atoms with van der Waals surface area (Å²) in [6.07, 6.45) is 3.83. The summed E-state index contributed by atoms with van der Waals surface area (Å²) < 4.78 is 9.06. The van der Waals surface area contributed by atoms with E-state index in [9.17, 15) is 4.79 Å². The van der Waals surface area contributed by atoms with Crippen LogP contribution in [0, 0.1) is 25.2 Å². The highest BCUT2D eigenvalue weighted by atomic mass is 32.1. The van der Waals surface area contributed by atoms with Crippen molar-refractivity contribution in [3.05, 3.63) is 75.4 Å². The lowest BCUT2D eigenvalue weighted by molar-refractivity contribution is 0.0532. The summed E-state index contributed by atoms with van der Waals surface area (Å²) in [5.41, 5.74) is 4.82. The SMILES string of the molecule is CCOC(=O)c1sc(-c2c(C)nc3sccn23)nc1-c1ccccc1.Cc1nc2sccn2c1C#N. The molecule has 0 aliphatic carbocycles. The molecule has 6 rings (SSSR count). The molecule has 0 fully saturated rings. The Hall–Kier alpha value is -3.85. The van der Waals surface area contributed by atoms with E-state index in [2.05, 4.69) is 16.0 Å². The number of carbonyl (C=O) groups excluding carboxylic acids is 1. The molecule has 0 saturated heterocycles. The number of hydrogen-bond acceptors (Lipinski definition) is 9. The monoisotopic (exact) mass is 532 g/mol. The van der Waals surface area contributed by atoms with Gasteiger partial charge in [-0.1, -0.05) is 30.3 Å². The number of fused-ring (bicyclic) bond motifs is 2. The number of esters is 1. The molecule has 11 heteroatoms. The molecular formula is C25H20N6O2S3. The fourth-order valence-electron chi connectivity index (χ4n) is 3.73. The predicted octanol–water partition coefficient (Wildman–Crippen LogP) is 6.25. The largest absolute Gasteiger partial charge is 0.462 e. The van der Waals surface area contributed by atoms with Crippen molar-refractivity contribution in [2.75, 3.05) is 6.61 Å². The number of thiazole rings is 3. The Kier molecular flexibility index (Phi) is 6.65. The first kappa shape index (κ1) is 23.9. The number of aromatic nitrogens is 5. The van der Waals surface area contributed by atoms with E-state index >= 15 is 0 Å². The first-order valence-corrected chi connectivity index (χ1v) is 13.6. The highest BCUT2D eigenvalue weighted by Crippen LogP contribution is 2.36. The second-order valence-corrected chi connectivity index (χ2v) is 10.3. The van der Waals surface area contributed by atoms with Crippen molar-refractivity contribution in [3.63, 3.8) is 0 Å². The minimum absolute atomic E-state index is 0.334. The number of ether oxygens (including phenoxy) is 1. The van der Waals surface area contributed by atoms with E-state index < -0.39 is 0 Å². The Bertz CT molecular complexity index is 1710. The smallest absolute Gasteiger partial charge is 0.350 e. The van der Waals surface area contributed by atoms with E-state index in [4.69, 9.17) is 15.0 Å². The first-order valence-electron chi connectivity index (χ1n) is 11.0. The lowest BCUT2D eigenvalue weighted by Gasteiger charge is -2.01. The van der Waals surface area contributed by atoms with Crippen LogP contribution in [0.4, 0.5) is 0 Å². The van der Waals surface area contributed by atoms with E-state index in [0.29, 0.717) is 22.9 Å². The Labute approximate surface area is 218 Å². The molecule has 180 valence electrons. The lowest BCUT2D eigenvalue weighted by Crippen LogP contribution is -2.03. The summed E-state index contributed by atoms with van der Waals surface area (Å²) in [5.74, 6) is -0.339. The van der Waals surface area contributed by atoms with E-state index in [-0.39, 0.29) is 5.97 Å². The topological polar surface area (TPSA) is 97.6 Å². The van der Waals surface area contributed by atoms with E-state index in [1.807, 2.05) is 71.7 Å². The van der Waals surface area contributed by atoms with Gasteiger partial charge in [-0.2, -0.15) is 5.26 Å². The van der Waals surface area contributed by atoms with Crippen molar-refractivity contribution in [3.8, 4) is 28.0 Å². The molecule has 8 nitrogen and oxygen atoms in total. The van der Waals surface area contributed by atoms with Crippen molar-refractivity contribution in [2.24, 2.45) is 0 Å². The molecule has 1 aromatic carbocycles. The minimum atomic E-state index is -0.339. The maximum atomic E-state index is 12.4. The van der Waals surface area contributed by atoms with Crippen molar-refractivity contribution in [1.82, 2.24) is 23.8 Å². The summed E-state index contributed by atoms with van der Waals surface area (Å²) >= 11 is 4.46. The standard InChI is InChI=1S/C18H15N3O2S2.C7H5N3S/c1-3-23-17(22)15-13(12-7-5-4-6-8-12)20-16(25-15)14-11(2)19-18-21(14)9-10-24-18;1-5-6(4-8)10-2-3-11-7(10)9-5/h4-10H,3H2,1-2H3;2-3H,1H3. The number of rotatable bonds is 4. The van der Waals surface area contributed by atoms with Gasteiger partial charge in [0.15, 0.2) is 9.92 Å². The minimum Gasteiger partial charge on any atom is -0.462 e. The van der Waals surface area contributed by atoms with Crippen molar-refractivity contribution in [2.45, 2.75) is 20.8 Å². The van der Waals surface area contributed by atoms with Gasteiger partial charge in [0, 0.05) is 28.7 Å². The number of imidazole rings is 2. The third kappa shape index (κ3) is 4.30. The molecule has 36 heavy (non-hydrogen) atoms. The number of benzene rings is 1. The molecular weight excluding hydrogens is 513 g/mol. The predicted molar refractivity (Wildman–Crippen MR) is 143 cm³/mol.